The van der Waals surface area contributed by atoms with Crippen LogP contribution in [0, 0.1) is 0 Å². The topological polar surface area (TPSA) is 152 Å². The van der Waals surface area contributed by atoms with Crippen LogP contribution in [0.1, 0.15) is 26.7 Å². The molecule has 0 radical (unpaired) electrons. The van der Waals surface area contributed by atoms with E-state index in [-0.39, 0.29) is 11.4 Å². The molecule has 2 unspecified atom stereocenters. The van der Waals surface area contributed by atoms with Crippen molar-refractivity contribution in [3.05, 3.63) is 11.9 Å². The van der Waals surface area contributed by atoms with Crippen LogP contribution in [0.15, 0.2) is 16.9 Å². The van der Waals surface area contributed by atoms with Crippen LogP contribution in [-0.4, -0.2) is 59.7 Å². The number of hydroxylamine groups is 2. The molecular formula is C11H23N5O5S. The lowest BCUT2D eigenvalue weighted by Crippen LogP contribution is -2.53. The Balaban J connectivity index is 0.00000242. The van der Waals surface area contributed by atoms with E-state index in [2.05, 4.69) is 26.4 Å². The zero-order chi connectivity index (χ0) is 15.6. The maximum atomic E-state index is 10.9. The summed E-state index contributed by atoms with van der Waals surface area (Å²) >= 11 is 0. The van der Waals surface area contributed by atoms with Crippen molar-refractivity contribution in [2.75, 3.05) is 13.1 Å². The second kappa shape index (κ2) is 7.24. The van der Waals surface area contributed by atoms with Gasteiger partial charge in [0.2, 0.25) is 5.96 Å². The number of nitrogens with one attached hydrogen (secondary N) is 1. The van der Waals surface area contributed by atoms with Crippen molar-refractivity contribution < 1.29 is 22.7 Å². The number of aliphatic imine (C=N–C) groups is 1. The van der Waals surface area contributed by atoms with E-state index >= 15 is 0 Å². The van der Waals surface area contributed by atoms with Crippen molar-refractivity contribution in [1.29, 1.82) is 0 Å². The number of nitrogens with two attached hydrogens (primary N) is 1. The summed E-state index contributed by atoms with van der Waals surface area (Å²) in [6.07, 6.45) is 2.55. The lowest BCUT2D eigenvalue weighted by molar-refractivity contribution is -0.0152. The molecule has 2 heterocycles. The number of hydrogen-bond acceptors (Lipinski definition) is 8. The highest BCUT2D eigenvalue weighted by atomic mass is 32.3. The molecule has 1 saturated heterocycles. The Morgan fingerprint density at radius 1 is 1.55 bits per heavy atom. The highest BCUT2D eigenvalue weighted by Crippen LogP contribution is 2.29. The van der Waals surface area contributed by atoms with E-state index in [4.69, 9.17) is 10.3 Å². The van der Waals surface area contributed by atoms with Crippen LogP contribution in [0.3, 0.4) is 0 Å². The van der Waals surface area contributed by atoms with Gasteiger partial charge in [0.05, 0.1) is 0 Å². The van der Waals surface area contributed by atoms with Gasteiger partial charge in [-0.1, -0.05) is 13.8 Å². The maximum absolute atomic E-state index is 10.9. The van der Waals surface area contributed by atoms with Gasteiger partial charge >= 0.3 is 10.4 Å². The Morgan fingerprint density at radius 3 is 2.73 bits per heavy atom. The maximum Gasteiger partial charge on any atom is 0.418 e. The fraction of sp³-hybridized carbons (Fsp3) is 0.727. The van der Waals surface area contributed by atoms with Gasteiger partial charge in [-0.05, 0) is 18.9 Å². The Kier molecular flexibility index (Phi) is 6.14. The summed E-state index contributed by atoms with van der Waals surface area (Å²) in [6, 6.07) is 0.439. The van der Waals surface area contributed by atoms with Gasteiger partial charge in [0.25, 0.3) is 0 Å². The third-order valence-electron chi connectivity index (χ3n) is 3.21. The summed E-state index contributed by atoms with van der Waals surface area (Å²) in [5, 5.41) is 3.79. The summed E-state index contributed by atoms with van der Waals surface area (Å²) in [7, 11) is -4.67. The third-order valence-corrected chi connectivity index (χ3v) is 3.56. The molecule has 6 N–H and O–H groups in total. The smallest absolute Gasteiger partial charge is 0.412 e. The average Bonchev–Trinajstić information content (AvgIpc) is 3.17. The van der Waals surface area contributed by atoms with Crippen LogP contribution in [0.25, 0.3) is 0 Å². The third kappa shape index (κ3) is 4.55. The SMILES string of the molecule is CCCNC1=NC(N2CC2CC)=CC(N)N1OS(=O)(=O)O.O. The van der Waals surface area contributed by atoms with Crippen LogP contribution < -0.4 is 11.1 Å². The Hall–Kier alpha value is -1.40. The fourth-order valence-corrected chi connectivity index (χ4v) is 2.44. The van der Waals surface area contributed by atoms with Gasteiger partial charge < -0.3 is 21.4 Å². The molecule has 0 aromatic rings. The standard InChI is InChI=1S/C11H21N5O4S.H2O/c1-3-5-13-11-14-10(15-7-8(15)4-2)6-9(12)16(11)20-21(17,18)19;/h6,8-9H,3-5,7,12H2,1-2H3,(H,13,14)(H,17,18,19);1H2. The number of nitrogens with zero attached hydrogens (tertiary/aromatic N) is 3. The van der Waals surface area contributed by atoms with Gasteiger partial charge in [0.1, 0.15) is 12.0 Å². The monoisotopic (exact) mass is 337 g/mol. The molecule has 22 heavy (non-hydrogen) atoms. The first-order valence-corrected chi connectivity index (χ1v) is 8.25. The van der Waals surface area contributed by atoms with Crippen molar-refractivity contribution in [1.82, 2.24) is 15.3 Å². The zero-order valence-corrected chi connectivity index (χ0v) is 13.4. The molecule has 11 heteroatoms. The number of guanidine groups is 1. The highest BCUT2D eigenvalue weighted by Gasteiger charge is 2.38. The lowest BCUT2D eigenvalue weighted by atomic mass is 10.3. The van der Waals surface area contributed by atoms with E-state index in [0.29, 0.717) is 18.4 Å². The van der Waals surface area contributed by atoms with Crippen molar-refractivity contribution >= 4 is 16.4 Å². The molecule has 0 aliphatic carbocycles. The summed E-state index contributed by atoms with van der Waals surface area (Å²) < 4.78 is 35.1. The van der Waals surface area contributed by atoms with Crippen molar-refractivity contribution in [2.45, 2.75) is 38.9 Å². The molecule has 0 bridgehead atoms. The van der Waals surface area contributed by atoms with Crippen LogP contribution in [0.5, 0.6) is 0 Å². The molecule has 0 saturated carbocycles. The normalized spacial score (nSPS) is 24.4. The van der Waals surface area contributed by atoms with Gasteiger partial charge in [-0.2, -0.15) is 18.5 Å². The van der Waals surface area contributed by atoms with Gasteiger partial charge in [-0.3, -0.25) is 4.55 Å². The van der Waals surface area contributed by atoms with E-state index in [0.717, 1.165) is 24.4 Å². The van der Waals surface area contributed by atoms with Gasteiger partial charge in [0, 0.05) is 19.1 Å². The van der Waals surface area contributed by atoms with E-state index in [1.165, 1.54) is 0 Å². The lowest BCUT2D eigenvalue weighted by Gasteiger charge is -2.30. The first-order valence-electron chi connectivity index (χ1n) is 6.88. The Labute approximate surface area is 129 Å². The molecule has 128 valence electrons. The minimum absolute atomic E-state index is 0. The van der Waals surface area contributed by atoms with E-state index < -0.39 is 16.6 Å². The first-order chi connectivity index (χ1) is 9.85. The minimum atomic E-state index is -4.67. The van der Waals surface area contributed by atoms with Crippen LogP contribution >= 0.6 is 0 Å². The number of rotatable bonds is 6. The van der Waals surface area contributed by atoms with Crippen molar-refractivity contribution in [3.63, 3.8) is 0 Å². The average molecular weight is 337 g/mol. The van der Waals surface area contributed by atoms with E-state index in [1.807, 2.05) is 6.92 Å². The van der Waals surface area contributed by atoms with Crippen LogP contribution in [-0.2, 0) is 14.7 Å². The predicted octanol–water partition coefficient (Wildman–Crippen LogP) is -1.21. The molecule has 0 aromatic heterocycles. The summed E-state index contributed by atoms with van der Waals surface area (Å²) in [5.74, 6) is 0.851. The van der Waals surface area contributed by atoms with Gasteiger partial charge in [0.15, 0.2) is 0 Å². The number of hydrogen-bond donors (Lipinski definition) is 3. The Bertz CT molecular complexity index is 549. The second-order valence-electron chi connectivity index (χ2n) is 4.92. The van der Waals surface area contributed by atoms with Gasteiger partial charge in [-0.15, -0.1) is 4.28 Å². The van der Waals surface area contributed by atoms with E-state index in [1.54, 1.807) is 6.08 Å². The molecule has 0 aromatic carbocycles. The molecule has 0 amide bonds. The second-order valence-corrected chi connectivity index (χ2v) is 5.92. The molecule has 1 fully saturated rings. The molecule has 10 nitrogen and oxygen atoms in total. The van der Waals surface area contributed by atoms with Crippen LogP contribution in [0.2, 0.25) is 0 Å². The van der Waals surface area contributed by atoms with Gasteiger partial charge in [-0.25, -0.2) is 0 Å². The van der Waals surface area contributed by atoms with Crippen molar-refractivity contribution in [2.24, 2.45) is 10.7 Å². The summed E-state index contributed by atoms with van der Waals surface area (Å²) in [4.78, 5) is 6.40. The fourth-order valence-electron chi connectivity index (χ4n) is 2.07. The molecule has 0 spiro atoms. The molecule has 2 atom stereocenters. The first kappa shape index (κ1) is 18.6. The summed E-state index contributed by atoms with van der Waals surface area (Å²) in [6.45, 7) is 5.51. The molecule has 2 rings (SSSR count). The molecular weight excluding hydrogens is 314 g/mol. The van der Waals surface area contributed by atoms with Crippen molar-refractivity contribution in [3.8, 4) is 0 Å². The molecule has 2 aliphatic rings. The molecule has 2 aliphatic heterocycles. The Morgan fingerprint density at radius 2 is 2.23 bits per heavy atom. The quantitative estimate of drug-likeness (QED) is 0.403. The largest absolute Gasteiger partial charge is 0.418 e. The highest BCUT2D eigenvalue weighted by molar-refractivity contribution is 7.80. The van der Waals surface area contributed by atoms with Crippen LogP contribution in [0.4, 0.5) is 0 Å². The zero-order valence-electron chi connectivity index (χ0n) is 12.6. The summed E-state index contributed by atoms with van der Waals surface area (Å²) in [5.41, 5.74) is 5.89. The predicted molar refractivity (Wildman–Crippen MR) is 80.7 cm³/mol. The minimum Gasteiger partial charge on any atom is -0.412 e. The van der Waals surface area contributed by atoms with E-state index in [9.17, 15) is 8.42 Å².